The van der Waals surface area contributed by atoms with Crippen molar-refractivity contribution in [1.82, 2.24) is 0 Å². The highest BCUT2D eigenvalue weighted by Crippen LogP contribution is 2.36. The van der Waals surface area contributed by atoms with Crippen LogP contribution in [0.25, 0.3) is 0 Å². The van der Waals surface area contributed by atoms with Crippen LogP contribution in [0.3, 0.4) is 0 Å². The number of hydrogen-bond donors (Lipinski definition) is 1. The van der Waals surface area contributed by atoms with Gasteiger partial charge in [-0.05, 0) is 25.2 Å². The lowest BCUT2D eigenvalue weighted by atomic mass is 9.71. The second-order valence-corrected chi connectivity index (χ2v) is 4.98. The lowest BCUT2D eigenvalue weighted by Crippen LogP contribution is -2.39. The fourth-order valence-corrected chi connectivity index (χ4v) is 2.17. The Morgan fingerprint density at radius 3 is 1.45 bits per heavy atom. The normalized spacial score (nSPS) is 16.6. The molecular formula is C10H22O. The molecule has 0 aliphatic carbocycles. The molecule has 0 fully saturated rings. The smallest absolute Gasteiger partial charge is 0.0624 e. The van der Waals surface area contributed by atoms with Crippen LogP contribution in [0, 0.1) is 11.3 Å². The molecule has 0 rings (SSSR count). The van der Waals surface area contributed by atoms with Crippen molar-refractivity contribution in [2.45, 2.75) is 53.6 Å². The molecule has 0 amide bonds. The van der Waals surface area contributed by atoms with E-state index in [2.05, 4.69) is 27.7 Å². The van der Waals surface area contributed by atoms with Gasteiger partial charge in [-0.2, -0.15) is 0 Å². The Labute approximate surface area is 70.8 Å². The first kappa shape index (κ1) is 11.0. The molecule has 0 aromatic heterocycles. The fraction of sp³-hybridized carbons (Fsp3) is 1.00. The van der Waals surface area contributed by atoms with Crippen LogP contribution in [0.5, 0.6) is 0 Å². The molecule has 0 aliphatic heterocycles. The second-order valence-electron chi connectivity index (χ2n) is 4.98. The molecule has 1 N–H and O–H groups in total. The van der Waals surface area contributed by atoms with Crippen LogP contribution in [-0.4, -0.2) is 10.7 Å². The topological polar surface area (TPSA) is 20.2 Å². The van der Waals surface area contributed by atoms with Gasteiger partial charge in [0.1, 0.15) is 0 Å². The molecule has 0 aromatic carbocycles. The molecule has 11 heavy (non-hydrogen) atoms. The van der Waals surface area contributed by atoms with Gasteiger partial charge in [-0.3, -0.25) is 0 Å². The van der Waals surface area contributed by atoms with E-state index in [4.69, 9.17) is 0 Å². The minimum Gasteiger partial charge on any atom is -0.390 e. The molecule has 0 radical (unpaired) electrons. The quantitative estimate of drug-likeness (QED) is 0.655. The SMILES string of the molecule is CCC(C(C)(C)C)C(C)(C)O. The molecule has 0 aliphatic rings. The van der Waals surface area contributed by atoms with E-state index in [1.807, 2.05) is 13.8 Å². The van der Waals surface area contributed by atoms with Crippen LogP contribution in [0.15, 0.2) is 0 Å². The first-order valence-corrected chi connectivity index (χ1v) is 4.42. The van der Waals surface area contributed by atoms with Crippen LogP contribution in [-0.2, 0) is 0 Å². The fourth-order valence-electron chi connectivity index (χ4n) is 2.17. The van der Waals surface area contributed by atoms with Gasteiger partial charge >= 0.3 is 0 Å². The lowest BCUT2D eigenvalue weighted by Gasteiger charge is -2.38. The second kappa shape index (κ2) is 3.14. The van der Waals surface area contributed by atoms with Crippen molar-refractivity contribution in [3.63, 3.8) is 0 Å². The maximum Gasteiger partial charge on any atom is 0.0624 e. The number of hydrogen-bond acceptors (Lipinski definition) is 1. The summed E-state index contributed by atoms with van der Waals surface area (Å²) in [6.07, 6.45) is 1.03. The summed E-state index contributed by atoms with van der Waals surface area (Å²) in [5.74, 6) is 0.370. The average molecular weight is 158 g/mol. The molecule has 0 spiro atoms. The largest absolute Gasteiger partial charge is 0.390 e. The number of aliphatic hydroxyl groups is 1. The van der Waals surface area contributed by atoms with Gasteiger partial charge in [0.15, 0.2) is 0 Å². The highest BCUT2D eigenvalue weighted by Gasteiger charge is 2.34. The van der Waals surface area contributed by atoms with Gasteiger partial charge in [0, 0.05) is 0 Å². The predicted molar refractivity (Wildman–Crippen MR) is 49.5 cm³/mol. The zero-order valence-corrected chi connectivity index (χ0v) is 8.73. The molecular weight excluding hydrogens is 136 g/mol. The molecule has 1 atom stereocenters. The van der Waals surface area contributed by atoms with Crippen molar-refractivity contribution < 1.29 is 5.11 Å². The summed E-state index contributed by atoms with van der Waals surface area (Å²) in [6.45, 7) is 12.5. The summed E-state index contributed by atoms with van der Waals surface area (Å²) in [6, 6.07) is 0. The highest BCUT2D eigenvalue weighted by atomic mass is 16.3. The van der Waals surface area contributed by atoms with Crippen LogP contribution in [0.4, 0.5) is 0 Å². The van der Waals surface area contributed by atoms with Gasteiger partial charge in [0.25, 0.3) is 0 Å². The van der Waals surface area contributed by atoms with Crippen molar-refractivity contribution >= 4 is 0 Å². The maximum atomic E-state index is 9.81. The molecule has 68 valence electrons. The Kier molecular flexibility index (Phi) is 3.13. The van der Waals surface area contributed by atoms with Crippen molar-refractivity contribution in [3.05, 3.63) is 0 Å². The van der Waals surface area contributed by atoms with Crippen LogP contribution < -0.4 is 0 Å². The van der Waals surface area contributed by atoms with E-state index >= 15 is 0 Å². The zero-order chi connectivity index (χ0) is 9.28. The van der Waals surface area contributed by atoms with Gasteiger partial charge in [-0.15, -0.1) is 0 Å². The van der Waals surface area contributed by atoms with E-state index in [0.717, 1.165) is 6.42 Å². The van der Waals surface area contributed by atoms with Crippen molar-refractivity contribution in [1.29, 1.82) is 0 Å². The van der Waals surface area contributed by atoms with Gasteiger partial charge in [0.05, 0.1) is 5.60 Å². The van der Waals surface area contributed by atoms with Gasteiger partial charge < -0.3 is 5.11 Å². The van der Waals surface area contributed by atoms with Crippen molar-refractivity contribution in [3.8, 4) is 0 Å². The summed E-state index contributed by atoms with van der Waals surface area (Å²) in [5.41, 5.74) is -0.347. The standard InChI is InChI=1S/C10H22O/c1-7-8(9(2,3)4)10(5,6)11/h8,11H,7H2,1-6H3. The van der Waals surface area contributed by atoms with E-state index in [1.54, 1.807) is 0 Å². The minimum atomic E-state index is -0.549. The molecule has 0 saturated heterocycles. The Bertz CT molecular complexity index is 99.8. The van der Waals surface area contributed by atoms with E-state index in [-0.39, 0.29) is 5.41 Å². The summed E-state index contributed by atoms with van der Waals surface area (Å²) < 4.78 is 0. The van der Waals surface area contributed by atoms with E-state index in [9.17, 15) is 5.11 Å². The minimum absolute atomic E-state index is 0.201. The van der Waals surface area contributed by atoms with Gasteiger partial charge in [-0.1, -0.05) is 34.1 Å². The van der Waals surface area contributed by atoms with Crippen molar-refractivity contribution in [2.24, 2.45) is 11.3 Å². The van der Waals surface area contributed by atoms with E-state index in [0.29, 0.717) is 5.92 Å². The van der Waals surface area contributed by atoms with E-state index < -0.39 is 5.60 Å². The van der Waals surface area contributed by atoms with Gasteiger partial charge in [-0.25, -0.2) is 0 Å². The molecule has 0 heterocycles. The van der Waals surface area contributed by atoms with Crippen LogP contribution >= 0.6 is 0 Å². The Morgan fingerprint density at radius 2 is 1.45 bits per heavy atom. The third kappa shape index (κ3) is 3.24. The molecule has 1 unspecified atom stereocenters. The molecule has 1 nitrogen and oxygen atoms in total. The van der Waals surface area contributed by atoms with Crippen molar-refractivity contribution in [2.75, 3.05) is 0 Å². The third-order valence-electron chi connectivity index (χ3n) is 2.31. The molecule has 0 aromatic rings. The molecule has 1 heteroatoms. The van der Waals surface area contributed by atoms with E-state index in [1.165, 1.54) is 0 Å². The first-order chi connectivity index (χ1) is 4.69. The summed E-state index contributed by atoms with van der Waals surface area (Å²) >= 11 is 0. The Hall–Kier alpha value is -0.0400. The zero-order valence-electron chi connectivity index (χ0n) is 8.73. The summed E-state index contributed by atoms with van der Waals surface area (Å²) in [4.78, 5) is 0. The third-order valence-corrected chi connectivity index (χ3v) is 2.31. The monoisotopic (exact) mass is 158 g/mol. The van der Waals surface area contributed by atoms with Gasteiger partial charge in [0.2, 0.25) is 0 Å². The van der Waals surface area contributed by atoms with Crippen LogP contribution in [0.2, 0.25) is 0 Å². The highest BCUT2D eigenvalue weighted by molar-refractivity contribution is 4.85. The first-order valence-electron chi connectivity index (χ1n) is 4.42. The Balaban J connectivity index is 4.43. The maximum absolute atomic E-state index is 9.81. The van der Waals surface area contributed by atoms with Crippen LogP contribution in [0.1, 0.15) is 48.0 Å². The molecule has 0 bridgehead atoms. The number of rotatable bonds is 2. The summed E-state index contributed by atoms with van der Waals surface area (Å²) in [7, 11) is 0. The lowest BCUT2D eigenvalue weighted by molar-refractivity contribution is -0.0342. The Morgan fingerprint density at radius 1 is 1.09 bits per heavy atom. The molecule has 0 saturated carbocycles. The predicted octanol–water partition coefficient (Wildman–Crippen LogP) is 2.83. The average Bonchev–Trinajstić information content (AvgIpc) is 1.56. The summed E-state index contributed by atoms with van der Waals surface area (Å²) in [5, 5.41) is 9.81.